The van der Waals surface area contributed by atoms with E-state index >= 15 is 0 Å². The van der Waals surface area contributed by atoms with Gasteiger partial charge in [-0.05, 0) is 49.2 Å². The second kappa shape index (κ2) is 8.53. The summed E-state index contributed by atoms with van der Waals surface area (Å²) in [5.41, 5.74) is 1.54. The van der Waals surface area contributed by atoms with Gasteiger partial charge in [0, 0.05) is 5.02 Å². The number of ether oxygens (including phenoxy) is 2. The third-order valence-electron chi connectivity index (χ3n) is 3.66. The third kappa shape index (κ3) is 4.73. The molecule has 6 heteroatoms. The van der Waals surface area contributed by atoms with Crippen LogP contribution in [-0.2, 0) is 9.53 Å². The van der Waals surface area contributed by atoms with Crippen molar-refractivity contribution in [2.75, 3.05) is 12.4 Å². The maximum Gasteiger partial charge on any atom is 0.339 e. The normalized spacial score (nSPS) is 11.5. The van der Waals surface area contributed by atoms with E-state index < -0.39 is 12.1 Å². The number of nitrogens with one attached hydrogen (secondary N) is 1. The van der Waals surface area contributed by atoms with Crippen LogP contribution in [0.5, 0.6) is 5.75 Å². The fraction of sp³-hybridized carbons (Fsp3) is 0.263. The Morgan fingerprint density at radius 1 is 1.20 bits per heavy atom. The van der Waals surface area contributed by atoms with E-state index in [0.29, 0.717) is 22.9 Å². The van der Waals surface area contributed by atoms with Gasteiger partial charge in [-0.15, -0.1) is 0 Å². The standard InChI is InChI=1S/C19H20ClNO4/c1-4-17(25-13-9-10-15(20)12(2)11-13)18(22)21-16-8-6-5-7-14(16)19(23)24-3/h5-11,17H,4H2,1-3H3,(H,21,22)/t17-/m1/s1. The van der Waals surface area contributed by atoms with Crippen molar-refractivity contribution in [2.45, 2.75) is 26.4 Å². The number of aryl methyl sites for hydroxylation is 1. The summed E-state index contributed by atoms with van der Waals surface area (Å²) in [5, 5.41) is 3.37. The molecule has 0 saturated heterocycles. The quantitative estimate of drug-likeness (QED) is 0.782. The van der Waals surface area contributed by atoms with Gasteiger partial charge in [-0.1, -0.05) is 30.7 Å². The molecule has 0 unspecified atom stereocenters. The van der Waals surface area contributed by atoms with Crippen molar-refractivity contribution in [3.05, 3.63) is 58.6 Å². The molecule has 0 bridgehead atoms. The van der Waals surface area contributed by atoms with Gasteiger partial charge in [0.05, 0.1) is 18.4 Å². The zero-order valence-electron chi connectivity index (χ0n) is 14.3. The minimum atomic E-state index is -0.703. The number of methoxy groups -OCH3 is 1. The largest absolute Gasteiger partial charge is 0.481 e. The van der Waals surface area contributed by atoms with Crippen LogP contribution in [0.2, 0.25) is 5.02 Å². The van der Waals surface area contributed by atoms with Crippen LogP contribution in [0.1, 0.15) is 29.3 Å². The molecule has 2 rings (SSSR count). The Kier molecular flexibility index (Phi) is 6.42. The summed E-state index contributed by atoms with van der Waals surface area (Å²) in [7, 11) is 1.29. The van der Waals surface area contributed by atoms with Crippen molar-refractivity contribution < 1.29 is 19.1 Å². The van der Waals surface area contributed by atoms with E-state index in [-0.39, 0.29) is 11.5 Å². The molecule has 0 aliphatic carbocycles. The molecule has 2 aromatic carbocycles. The van der Waals surface area contributed by atoms with Crippen molar-refractivity contribution in [3.63, 3.8) is 0 Å². The van der Waals surface area contributed by atoms with Crippen LogP contribution >= 0.6 is 11.6 Å². The van der Waals surface area contributed by atoms with Gasteiger partial charge in [-0.25, -0.2) is 4.79 Å². The van der Waals surface area contributed by atoms with Crippen molar-refractivity contribution >= 4 is 29.2 Å². The molecule has 0 spiro atoms. The maximum absolute atomic E-state index is 12.5. The van der Waals surface area contributed by atoms with Crippen molar-refractivity contribution in [3.8, 4) is 5.75 Å². The smallest absolute Gasteiger partial charge is 0.339 e. The van der Waals surface area contributed by atoms with E-state index in [1.807, 2.05) is 13.8 Å². The van der Waals surface area contributed by atoms with Crippen LogP contribution in [-0.4, -0.2) is 25.1 Å². The third-order valence-corrected chi connectivity index (χ3v) is 4.09. The lowest BCUT2D eigenvalue weighted by molar-refractivity contribution is -0.122. The average Bonchev–Trinajstić information content (AvgIpc) is 2.62. The zero-order chi connectivity index (χ0) is 18.4. The van der Waals surface area contributed by atoms with Gasteiger partial charge in [0.2, 0.25) is 0 Å². The number of esters is 1. The summed E-state index contributed by atoms with van der Waals surface area (Å²) in [6, 6.07) is 11.9. The number of amides is 1. The molecule has 5 nitrogen and oxygen atoms in total. The molecule has 1 atom stereocenters. The molecular formula is C19H20ClNO4. The molecular weight excluding hydrogens is 342 g/mol. The number of hydrogen-bond donors (Lipinski definition) is 1. The van der Waals surface area contributed by atoms with E-state index in [2.05, 4.69) is 5.32 Å². The summed E-state index contributed by atoms with van der Waals surface area (Å²) >= 11 is 6.00. The van der Waals surface area contributed by atoms with Gasteiger partial charge >= 0.3 is 5.97 Å². The monoisotopic (exact) mass is 361 g/mol. The van der Waals surface area contributed by atoms with Crippen LogP contribution in [0.4, 0.5) is 5.69 Å². The van der Waals surface area contributed by atoms with E-state index in [1.54, 1.807) is 42.5 Å². The fourth-order valence-corrected chi connectivity index (χ4v) is 2.39. The van der Waals surface area contributed by atoms with Crippen LogP contribution in [0.15, 0.2) is 42.5 Å². The molecule has 0 aromatic heterocycles. The number of halogens is 1. The Morgan fingerprint density at radius 3 is 2.56 bits per heavy atom. The molecule has 0 fully saturated rings. The lowest BCUT2D eigenvalue weighted by Gasteiger charge is -2.18. The lowest BCUT2D eigenvalue weighted by atomic mass is 10.1. The maximum atomic E-state index is 12.5. The fourth-order valence-electron chi connectivity index (χ4n) is 2.27. The Morgan fingerprint density at radius 2 is 1.92 bits per heavy atom. The van der Waals surface area contributed by atoms with Crippen molar-refractivity contribution in [1.29, 1.82) is 0 Å². The van der Waals surface area contributed by atoms with E-state index in [9.17, 15) is 9.59 Å². The topological polar surface area (TPSA) is 64.6 Å². The summed E-state index contributed by atoms with van der Waals surface area (Å²) in [5.74, 6) is -0.296. The first-order valence-corrected chi connectivity index (χ1v) is 8.25. The van der Waals surface area contributed by atoms with Gasteiger partial charge < -0.3 is 14.8 Å². The molecule has 1 N–H and O–H groups in total. The number of anilines is 1. The summed E-state index contributed by atoms with van der Waals surface area (Å²) in [4.78, 5) is 24.3. The predicted molar refractivity (Wildman–Crippen MR) is 97.3 cm³/mol. The van der Waals surface area contributed by atoms with Gasteiger partial charge in [-0.2, -0.15) is 0 Å². The van der Waals surface area contributed by atoms with Crippen LogP contribution in [0.3, 0.4) is 0 Å². The SMILES string of the molecule is CC[C@@H](Oc1ccc(Cl)c(C)c1)C(=O)Nc1ccccc1C(=O)OC. The van der Waals surface area contributed by atoms with E-state index in [0.717, 1.165) is 5.56 Å². The molecule has 0 aliphatic rings. The number of hydrogen-bond acceptors (Lipinski definition) is 4. The van der Waals surface area contributed by atoms with Crippen molar-refractivity contribution in [1.82, 2.24) is 0 Å². The number of rotatable bonds is 6. The molecule has 1 amide bonds. The highest BCUT2D eigenvalue weighted by atomic mass is 35.5. The summed E-state index contributed by atoms with van der Waals surface area (Å²) in [6.07, 6.45) is -0.236. The van der Waals surface area contributed by atoms with Crippen LogP contribution in [0, 0.1) is 6.92 Å². The molecule has 2 aromatic rings. The first-order valence-electron chi connectivity index (χ1n) is 7.87. The highest BCUT2D eigenvalue weighted by Crippen LogP contribution is 2.23. The Balaban J connectivity index is 2.15. The molecule has 0 heterocycles. The molecule has 25 heavy (non-hydrogen) atoms. The van der Waals surface area contributed by atoms with E-state index in [1.165, 1.54) is 7.11 Å². The van der Waals surface area contributed by atoms with E-state index in [4.69, 9.17) is 21.1 Å². The molecule has 0 radical (unpaired) electrons. The first-order chi connectivity index (χ1) is 12.0. The Bertz CT molecular complexity index is 776. The second-order valence-corrected chi connectivity index (χ2v) is 5.86. The number of para-hydroxylation sites is 1. The Labute approximate surface area is 151 Å². The minimum Gasteiger partial charge on any atom is -0.481 e. The van der Waals surface area contributed by atoms with Crippen LogP contribution in [0.25, 0.3) is 0 Å². The van der Waals surface area contributed by atoms with Gasteiger partial charge in [-0.3, -0.25) is 4.79 Å². The van der Waals surface area contributed by atoms with Gasteiger partial charge in [0.1, 0.15) is 5.75 Å². The lowest BCUT2D eigenvalue weighted by Crippen LogP contribution is -2.33. The Hall–Kier alpha value is -2.53. The molecule has 132 valence electrons. The highest BCUT2D eigenvalue weighted by Gasteiger charge is 2.21. The molecule has 0 aliphatic heterocycles. The number of carbonyl (C=O) groups excluding carboxylic acids is 2. The average molecular weight is 362 g/mol. The minimum absolute atomic E-state index is 0.288. The van der Waals surface area contributed by atoms with Crippen LogP contribution < -0.4 is 10.1 Å². The summed E-state index contributed by atoms with van der Waals surface area (Å²) in [6.45, 7) is 3.71. The zero-order valence-corrected chi connectivity index (χ0v) is 15.1. The predicted octanol–water partition coefficient (Wildman–Crippen LogP) is 4.23. The van der Waals surface area contributed by atoms with Crippen molar-refractivity contribution in [2.24, 2.45) is 0 Å². The van der Waals surface area contributed by atoms with Gasteiger partial charge in [0.15, 0.2) is 6.10 Å². The summed E-state index contributed by atoms with van der Waals surface area (Å²) < 4.78 is 10.5. The number of benzene rings is 2. The highest BCUT2D eigenvalue weighted by molar-refractivity contribution is 6.31. The molecule has 0 saturated carbocycles. The second-order valence-electron chi connectivity index (χ2n) is 5.45. The number of carbonyl (C=O) groups is 2. The van der Waals surface area contributed by atoms with Gasteiger partial charge in [0.25, 0.3) is 5.91 Å². The first kappa shape index (κ1) is 18.8.